The van der Waals surface area contributed by atoms with Gasteiger partial charge in [-0.15, -0.1) is 0 Å². The van der Waals surface area contributed by atoms with Crippen molar-refractivity contribution in [1.82, 2.24) is 0 Å². The van der Waals surface area contributed by atoms with Crippen LogP contribution in [0.4, 0.5) is 14.5 Å². The first-order chi connectivity index (χ1) is 6.02. The Balaban J connectivity index is 3.10. The van der Waals surface area contributed by atoms with Crippen molar-refractivity contribution in [2.75, 3.05) is 5.32 Å². The molecule has 1 aromatic rings. The number of halogens is 3. The van der Waals surface area contributed by atoms with Crippen molar-refractivity contribution in [3.05, 3.63) is 28.2 Å². The maximum atomic E-state index is 13.1. The van der Waals surface area contributed by atoms with Gasteiger partial charge in [0.25, 0.3) is 0 Å². The van der Waals surface area contributed by atoms with Crippen molar-refractivity contribution in [2.24, 2.45) is 0 Å². The summed E-state index contributed by atoms with van der Waals surface area (Å²) in [7, 11) is 0. The number of anilines is 1. The van der Waals surface area contributed by atoms with Crippen LogP contribution in [-0.4, -0.2) is 5.91 Å². The first-order valence-electron chi connectivity index (χ1n) is 3.43. The van der Waals surface area contributed by atoms with Gasteiger partial charge < -0.3 is 5.32 Å². The maximum absolute atomic E-state index is 13.1. The highest BCUT2D eigenvalue weighted by Crippen LogP contribution is 2.25. The Morgan fingerprint density at radius 1 is 1.46 bits per heavy atom. The minimum Gasteiger partial charge on any atom is -0.324 e. The predicted molar refractivity (Wildman–Crippen MR) is 48.4 cm³/mol. The van der Waals surface area contributed by atoms with Crippen LogP contribution in [0.5, 0.6) is 0 Å². The summed E-state index contributed by atoms with van der Waals surface area (Å²) in [6.45, 7) is 1.25. The van der Waals surface area contributed by atoms with E-state index < -0.39 is 17.5 Å². The van der Waals surface area contributed by atoms with Crippen LogP contribution in [0.1, 0.15) is 6.92 Å². The van der Waals surface area contributed by atoms with E-state index in [9.17, 15) is 13.6 Å². The van der Waals surface area contributed by atoms with Crippen LogP contribution >= 0.6 is 15.9 Å². The molecule has 0 saturated heterocycles. The molecule has 0 radical (unpaired) electrons. The van der Waals surface area contributed by atoms with Crippen molar-refractivity contribution in [3.63, 3.8) is 0 Å². The van der Waals surface area contributed by atoms with E-state index in [4.69, 9.17) is 0 Å². The predicted octanol–water partition coefficient (Wildman–Crippen LogP) is 2.69. The second-order valence-electron chi connectivity index (χ2n) is 2.40. The van der Waals surface area contributed by atoms with E-state index in [2.05, 4.69) is 21.2 Å². The average Bonchev–Trinajstić information content (AvgIpc) is 2.06. The number of hydrogen-bond acceptors (Lipinski definition) is 1. The highest BCUT2D eigenvalue weighted by atomic mass is 79.9. The lowest BCUT2D eigenvalue weighted by atomic mass is 10.3. The summed E-state index contributed by atoms with van der Waals surface area (Å²) in [4.78, 5) is 10.6. The molecule has 0 atom stereocenters. The van der Waals surface area contributed by atoms with E-state index in [1.165, 1.54) is 6.92 Å². The number of carbonyl (C=O) groups is 1. The number of nitrogens with one attached hydrogen (secondary N) is 1. The largest absolute Gasteiger partial charge is 0.324 e. The zero-order chi connectivity index (χ0) is 10.0. The minimum atomic E-state index is -0.810. The number of amides is 1. The number of rotatable bonds is 1. The van der Waals surface area contributed by atoms with Gasteiger partial charge in [0.05, 0.1) is 10.2 Å². The van der Waals surface area contributed by atoms with Gasteiger partial charge in [-0.2, -0.15) is 0 Å². The molecule has 0 aliphatic rings. The molecule has 0 unspecified atom stereocenters. The summed E-state index contributed by atoms with van der Waals surface area (Å²) in [6.07, 6.45) is 0. The summed E-state index contributed by atoms with van der Waals surface area (Å²) in [5, 5.41) is 2.23. The van der Waals surface area contributed by atoms with Crippen LogP contribution in [-0.2, 0) is 4.79 Å². The van der Waals surface area contributed by atoms with Gasteiger partial charge in [-0.3, -0.25) is 4.79 Å². The molecular formula is C8H6BrF2NO. The Morgan fingerprint density at radius 3 is 2.62 bits per heavy atom. The van der Waals surface area contributed by atoms with Crippen molar-refractivity contribution < 1.29 is 13.6 Å². The summed E-state index contributed by atoms with van der Waals surface area (Å²) < 4.78 is 25.5. The van der Waals surface area contributed by atoms with Gasteiger partial charge in [0.2, 0.25) is 5.91 Å². The standard InChI is InChI=1S/C8H6BrF2NO/c1-4(13)12-6-3-2-5(10)7(9)8(6)11/h2-3H,1H3,(H,12,13). The van der Waals surface area contributed by atoms with Crippen LogP contribution in [0.25, 0.3) is 0 Å². The van der Waals surface area contributed by atoms with Crippen LogP contribution in [0.2, 0.25) is 0 Å². The van der Waals surface area contributed by atoms with Crippen molar-refractivity contribution in [2.45, 2.75) is 6.92 Å². The highest BCUT2D eigenvalue weighted by Gasteiger charge is 2.11. The molecule has 0 saturated carbocycles. The van der Waals surface area contributed by atoms with Gasteiger partial charge in [-0.1, -0.05) is 0 Å². The van der Waals surface area contributed by atoms with Gasteiger partial charge >= 0.3 is 0 Å². The van der Waals surface area contributed by atoms with Crippen molar-refractivity contribution in [1.29, 1.82) is 0 Å². The second kappa shape index (κ2) is 3.83. The van der Waals surface area contributed by atoms with E-state index in [1.54, 1.807) is 0 Å². The Morgan fingerprint density at radius 2 is 2.08 bits per heavy atom. The third-order valence-electron chi connectivity index (χ3n) is 1.35. The number of benzene rings is 1. The number of carbonyl (C=O) groups excluding carboxylic acids is 1. The molecule has 13 heavy (non-hydrogen) atoms. The average molecular weight is 250 g/mol. The quantitative estimate of drug-likeness (QED) is 0.763. The lowest BCUT2D eigenvalue weighted by molar-refractivity contribution is -0.114. The SMILES string of the molecule is CC(=O)Nc1ccc(F)c(Br)c1F. The molecule has 70 valence electrons. The molecule has 0 aliphatic carbocycles. The maximum Gasteiger partial charge on any atom is 0.221 e. The van der Waals surface area contributed by atoms with Gasteiger partial charge in [0.15, 0.2) is 5.82 Å². The van der Waals surface area contributed by atoms with E-state index in [0.717, 1.165) is 12.1 Å². The summed E-state index contributed by atoms with van der Waals surface area (Å²) in [6, 6.07) is 2.23. The summed E-state index contributed by atoms with van der Waals surface area (Å²) in [5.41, 5.74) is -0.0409. The molecule has 1 N–H and O–H groups in total. The molecule has 0 fully saturated rings. The van der Waals surface area contributed by atoms with Crippen LogP contribution in [0, 0.1) is 11.6 Å². The molecule has 0 aromatic heterocycles. The van der Waals surface area contributed by atoms with Crippen LogP contribution in [0.3, 0.4) is 0 Å². The van der Waals surface area contributed by atoms with Gasteiger partial charge in [-0.25, -0.2) is 8.78 Å². The smallest absolute Gasteiger partial charge is 0.221 e. The third-order valence-corrected chi connectivity index (χ3v) is 2.07. The highest BCUT2D eigenvalue weighted by molar-refractivity contribution is 9.10. The van der Waals surface area contributed by atoms with E-state index in [1.807, 2.05) is 0 Å². The number of hydrogen-bond donors (Lipinski definition) is 1. The molecule has 1 rings (SSSR count). The third kappa shape index (κ3) is 2.24. The zero-order valence-electron chi connectivity index (χ0n) is 6.70. The fourth-order valence-electron chi connectivity index (χ4n) is 0.812. The first kappa shape index (κ1) is 10.1. The first-order valence-corrected chi connectivity index (χ1v) is 4.22. The monoisotopic (exact) mass is 249 g/mol. The van der Waals surface area contributed by atoms with E-state index in [-0.39, 0.29) is 10.2 Å². The summed E-state index contributed by atoms with van der Waals surface area (Å²) >= 11 is 2.72. The van der Waals surface area contributed by atoms with E-state index in [0.29, 0.717) is 0 Å². The lowest BCUT2D eigenvalue weighted by Gasteiger charge is -2.04. The molecule has 0 aliphatic heterocycles. The molecule has 1 aromatic carbocycles. The molecular weight excluding hydrogens is 244 g/mol. The van der Waals surface area contributed by atoms with Crippen LogP contribution in [0.15, 0.2) is 16.6 Å². The Labute approximate surface area is 82.1 Å². The topological polar surface area (TPSA) is 29.1 Å². The minimum absolute atomic E-state index is 0.0409. The Bertz CT molecular complexity index is 354. The molecule has 1 amide bonds. The van der Waals surface area contributed by atoms with Crippen molar-refractivity contribution >= 4 is 27.5 Å². The molecule has 0 spiro atoms. The molecule has 0 bridgehead atoms. The van der Waals surface area contributed by atoms with Crippen LogP contribution < -0.4 is 5.32 Å². The Kier molecular flexibility index (Phi) is 2.98. The van der Waals surface area contributed by atoms with Gasteiger partial charge in [0.1, 0.15) is 5.82 Å². The normalized spacial score (nSPS) is 9.85. The zero-order valence-corrected chi connectivity index (χ0v) is 8.28. The Hall–Kier alpha value is -0.970. The molecule has 5 heteroatoms. The fourth-order valence-corrected chi connectivity index (χ4v) is 1.16. The summed E-state index contributed by atoms with van der Waals surface area (Å²) in [5.74, 6) is -1.92. The fraction of sp³-hybridized carbons (Fsp3) is 0.125. The lowest BCUT2D eigenvalue weighted by Crippen LogP contribution is -2.08. The van der Waals surface area contributed by atoms with E-state index >= 15 is 0 Å². The van der Waals surface area contributed by atoms with Crippen molar-refractivity contribution in [3.8, 4) is 0 Å². The second-order valence-corrected chi connectivity index (χ2v) is 3.20. The van der Waals surface area contributed by atoms with Gasteiger partial charge in [-0.05, 0) is 28.1 Å². The molecule has 0 heterocycles. The molecule has 2 nitrogen and oxygen atoms in total. The van der Waals surface area contributed by atoms with Gasteiger partial charge in [0, 0.05) is 6.92 Å².